The van der Waals surface area contributed by atoms with Gasteiger partial charge in [-0.1, -0.05) is 167 Å². The topological polar surface area (TPSA) is 210 Å². The average Bonchev–Trinajstić information content (AvgIpc) is 3.21. The molecule has 13 nitrogen and oxygen atoms in total. The zero-order valence-corrected chi connectivity index (χ0v) is 37.4. The van der Waals surface area contributed by atoms with E-state index in [0.29, 0.717) is 12.8 Å². The van der Waals surface area contributed by atoms with Gasteiger partial charge in [-0.3, -0.25) is 18.6 Å². The fraction of sp³-hybridized carbons (Fsp3) is 0.867. The molecule has 0 aromatic carbocycles. The lowest BCUT2D eigenvalue weighted by atomic mass is 9.85. The molecule has 0 amide bonds. The van der Waals surface area contributed by atoms with E-state index in [2.05, 4.69) is 38.2 Å². The zero-order chi connectivity index (χ0) is 43.6. The van der Waals surface area contributed by atoms with Gasteiger partial charge in [-0.2, -0.15) is 0 Å². The van der Waals surface area contributed by atoms with Crippen molar-refractivity contribution in [2.24, 2.45) is 0 Å². The summed E-state index contributed by atoms with van der Waals surface area (Å²) in [5, 5.41) is 50.1. The van der Waals surface area contributed by atoms with Crippen molar-refractivity contribution >= 4 is 19.8 Å². The molecule has 0 heterocycles. The van der Waals surface area contributed by atoms with E-state index in [4.69, 9.17) is 18.5 Å². The van der Waals surface area contributed by atoms with Gasteiger partial charge >= 0.3 is 19.8 Å². The summed E-state index contributed by atoms with van der Waals surface area (Å²) in [6, 6.07) is 0. The van der Waals surface area contributed by atoms with Gasteiger partial charge in [-0.05, 0) is 38.5 Å². The van der Waals surface area contributed by atoms with Crippen molar-refractivity contribution < 1.29 is 63.1 Å². The van der Waals surface area contributed by atoms with Crippen molar-refractivity contribution in [1.82, 2.24) is 0 Å². The summed E-state index contributed by atoms with van der Waals surface area (Å²) in [5.74, 6) is -1.11. The van der Waals surface area contributed by atoms with Crippen molar-refractivity contribution in [1.29, 1.82) is 0 Å². The summed E-state index contributed by atoms with van der Waals surface area (Å²) in [4.78, 5) is 35.7. The third kappa shape index (κ3) is 28.5. The fourth-order valence-corrected chi connectivity index (χ4v) is 7.98. The van der Waals surface area contributed by atoms with Crippen molar-refractivity contribution in [3.63, 3.8) is 0 Å². The standard InChI is InChI=1S/C45H83O13P/c1-3-5-7-9-11-13-15-17-19-20-22-23-25-27-29-31-33-38(46)55-35-37(36-56-59(53,54)58-45-43(51)41(49)40(48)42(50)44(45)52)57-39(47)34-32-30-28-26-24-21-18-16-14-12-10-8-6-4-2/h10,12,16,18,37,40-45,48-52H,3-9,11,13-15,17,19-36H2,1-2H3,(H,53,54)/b12-10+,18-16+/t37-,40?,41-,42?,43?,44?,45?/m0/s1. The van der Waals surface area contributed by atoms with E-state index < -0.39 is 75.7 Å². The Labute approximate surface area is 356 Å². The molecule has 346 valence electrons. The van der Waals surface area contributed by atoms with E-state index in [-0.39, 0.29) is 12.8 Å². The van der Waals surface area contributed by atoms with Gasteiger partial charge in [-0.25, -0.2) is 4.57 Å². The molecule has 8 atom stereocenters. The van der Waals surface area contributed by atoms with E-state index in [9.17, 15) is 44.6 Å². The van der Waals surface area contributed by atoms with E-state index >= 15 is 0 Å². The third-order valence-electron chi connectivity index (χ3n) is 10.8. The van der Waals surface area contributed by atoms with Gasteiger partial charge in [-0.15, -0.1) is 0 Å². The normalized spacial score (nSPS) is 22.5. The third-order valence-corrected chi connectivity index (χ3v) is 11.8. The maximum Gasteiger partial charge on any atom is 0.472 e. The summed E-state index contributed by atoms with van der Waals surface area (Å²) in [7, 11) is -5.12. The number of rotatable bonds is 38. The molecule has 6 unspecified atom stereocenters. The Balaban J connectivity index is 2.46. The molecule has 0 saturated heterocycles. The first-order chi connectivity index (χ1) is 28.4. The highest BCUT2D eigenvalue weighted by molar-refractivity contribution is 7.47. The van der Waals surface area contributed by atoms with Crippen LogP contribution < -0.4 is 0 Å². The van der Waals surface area contributed by atoms with Gasteiger partial charge in [0.1, 0.15) is 43.2 Å². The van der Waals surface area contributed by atoms with Crippen LogP contribution in [0.2, 0.25) is 0 Å². The predicted octanol–water partition coefficient (Wildman–Crippen LogP) is 8.84. The maximum atomic E-state index is 12.8. The smallest absolute Gasteiger partial charge is 0.462 e. The van der Waals surface area contributed by atoms with Crippen LogP contribution in [0.5, 0.6) is 0 Å². The van der Waals surface area contributed by atoms with Crippen molar-refractivity contribution in [2.75, 3.05) is 13.2 Å². The largest absolute Gasteiger partial charge is 0.472 e. The molecule has 1 aliphatic carbocycles. The molecule has 1 fully saturated rings. The van der Waals surface area contributed by atoms with Crippen molar-refractivity contribution in [2.45, 2.75) is 236 Å². The summed E-state index contributed by atoms with van der Waals surface area (Å²) in [5.41, 5.74) is 0. The lowest BCUT2D eigenvalue weighted by Gasteiger charge is -2.41. The predicted molar refractivity (Wildman–Crippen MR) is 230 cm³/mol. The number of carbonyl (C=O) groups is 2. The molecular weight excluding hydrogens is 779 g/mol. The van der Waals surface area contributed by atoms with Crippen LogP contribution in [0.3, 0.4) is 0 Å². The highest BCUT2D eigenvalue weighted by Gasteiger charge is 2.51. The SMILES string of the molecule is CCCC/C=C/C/C=C/CCCCCCCC(=O)O[C@@H](COC(=O)CCCCCCCCCCCCCCCCCC)COP(=O)(O)OC1C(O)C(O)C(O)[C@H](O)C1O. The van der Waals surface area contributed by atoms with Crippen LogP contribution in [0.1, 0.15) is 194 Å². The molecule has 6 N–H and O–H groups in total. The summed E-state index contributed by atoms with van der Waals surface area (Å²) < 4.78 is 33.5. The van der Waals surface area contributed by atoms with E-state index in [1.807, 2.05) is 0 Å². The summed E-state index contributed by atoms with van der Waals surface area (Å²) in [6.45, 7) is 3.25. The number of unbranched alkanes of at least 4 members (excludes halogenated alkanes) is 22. The second-order valence-corrected chi connectivity index (χ2v) is 17.7. The maximum absolute atomic E-state index is 12.8. The second-order valence-electron chi connectivity index (χ2n) is 16.3. The average molecular weight is 863 g/mol. The van der Waals surface area contributed by atoms with Crippen LogP contribution in [0, 0.1) is 0 Å². The van der Waals surface area contributed by atoms with Crippen LogP contribution in [0.4, 0.5) is 0 Å². The van der Waals surface area contributed by atoms with Gasteiger partial charge in [0.15, 0.2) is 6.10 Å². The number of aliphatic hydroxyl groups is 5. The fourth-order valence-electron chi connectivity index (χ4n) is 7.01. The molecule has 1 aliphatic rings. The van der Waals surface area contributed by atoms with Crippen LogP contribution in [0.25, 0.3) is 0 Å². The van der Waals surface area contributed by atoms with Crippen LogP contribution >= 0.6 is 7.82 Å². The Morgan fingerprint density at radius 3 is 1.42 bits per heavy atom. The minimum Gasteiger partial charge on any atom is -0.462 e. The number of hydrogen-bond donors (Lipinski definition) is 6. The van der Waals surface area contributed by atoms with Gasteiger partial charge in [0.05, 0.1) is 6.61 Å². The van der Waals surface area contributed by atoms with Crippen molar-refractivity contribution in [3.8, 4) is 0 Å². The molecule has 0 aromatic rings. The second kappa shape index (κ2) is 35.9. The molecular formula is C45H83O13P. The number of aliphatic hydroxyl groups excluding tert-OH is 5. The van der Waals surface area contributed by atoms with Crippen LogP contribution in [0.15, 0.2) is 24.3 Å². The Morgan fingerprint density at radius 2 is 0.932 bits per heavy atom. The Kier molecular flexibility index (Phi) is 33.7. The van der Waals surface area contributed by atoms with E-state index in [1.165, 1.54) is 89.9 Å². The molecule has 0 aliphatic heterocycles. The van der Waals surface area contributed by atoms with E-state index in [1.54, 1.807) is 0 Å². The molecule has 14 heteroatoms. The molecule has 0 aromatic heterocycles. The number of ether oxygens (including phenoxy) is 2. The Bertz CT molecular complexity index is 1130. The monoisotopic (exact) mass is 863 g/mol. The van der Waals surface area contributed by atoms with Gasteiger partial charge in [0, 0.05) is 12.8 Å². The summed E-state index contributed by atoms with van der Waals surface area (Å²) in [6.07, 6.45) is 25.2. The van der Waals surface area contributed by atoms with Crippen molar-refractivity contribution in [3.05, 3.63) is 24.3 Å². The Morgan fingerprint density at radius 1 is 0.525 bits per heavy atom. The molecule has 0 spiro atoms. The Hall–Kier alpha value is -1.67. The molecule has 1 saturated carbocycles. The highest BCUT2D eigenvalue weighted by atomic mass is 31.2. The lowest BCUT2D eigenvalue weighted by Crippen LogP contribution is -2.64. The number of carbonyl (C=O) groups excluding carboxylic acids is 2. The van der Waals surface area contributed by atoms with E-state index in [0.717, 1.165) is 64.2 Å². The highest BCUT2D eigenvalue weighted by Crippen LogP contribution is 2.47. The number of phosphoric ester groups is 1. The quantitative estimate of drug-likeness (QED) is 0.0149. The van der Waals surface area contributed by atoms with Gasteiger partial charge in [0.25, 0.3) is 0 Å². The first-order valence-corrected chi connectivity index (χ1v) is 24.6. The zero-order valence-electron chi connectivity index (χ0n) is 36.6. The molecule has 0 bridgehead atoms. The van der Waals surface area contributed by atoms with Gasteiger partial charge in [0.2, 0.25) is 0 Å². The van der Waals surface area contributed by atoms with Crippen LogP contribution in [-0.2, 0) is 32.7 Å². The number of hydrogen-bond acceptors (Lipinski definition) is 12. The molecule has 59 heavy (non-hydrogen) atoms. The first-order valence-electron chi connectivity index (χ1n) is 23.1. The molecule has 0 radical (unpaired) electrons. The number of phosphoric acid groups is 1. The molecule has 1 rings (SSSR count). The summed E-state index contributed by atoms with van der Waals surface area (Å²) >= 11 is 0. The first kappa shape index (κ1) is 55.3. The van der Waals surface area contributed by atoms with Gasteiger partial charge < -0.3 is 39.9 Å². The minimum atomic E-state index is -5.12. The lowest BCUT2D eigenvalue weighted by molar-refractivity contribution is -0.220. The van der Waals surface area contributed by atoms with Crippen LogP contribution in [-0.4, -0.2) is 98.3 Å². The number of allylic oxidation sites excluding steroid dienone is 4. The number of esters is 2. The minimum absolute atomic E-state index is 0.0831.